The number of carbonyl (C=O) groups is 5. The van der Waals surface area contributed by atoms with E-state index in [4.69, 9.17) is 0 Å². The van der Waals surface area contributed by atoms with Gasteiger partial charge in [0.25, 0.3) is 5.91 Å². The van der Waals surface area contributed by atoms with Gasteiger partial charge in [-0.1, -0.05) is 19.9 Å². The number of aliphatic hydroxyl groups excluding tert-OH is 1. The van der Waals surface area contributed by atoms with Crippen molar-refractivity contribution in [2.75, 3.05) is 6.54 Å². The van der Waals surface area contributed by atoms with Crippen LogP contribution in [0.1, 0.15) is 58.3 Å². The number of aliphatic hydroxyl groups is 1. The number of hydrogen-bond donors (Lipinski definition) is 7. The highest BCUT2D eigenvalue weighted by molar-refractivity contribution is 5.92. The lowest BCUT2D eigenvalue weighted by Gasteiger charge is -2.29. The zero-order valence-electron chi connectivity index (χ0n) is 24.3. The third kappa shape index (κ3) is 11.3. The standard InChI is InChI=1S/C27H39F3N6O7/c1-13(2)10-18(23(39)34-17(11-15-8-9-31-22(15)38)21(37)25(41)32-14(3)4)35-24(40)19(36-26(42)43)12-16-6-5-7-20(33-16)27(28,29)30/h5-7,13-15,17-19,21,36-37H,8-12H2,1-4H3,(H,31,38)(H,32,41)(H,34,39)(H,35,40)(H,42,43)/t15?,17-,18-,19-,21?/m0/s1. The molecule has 0 aliphatic carbocycles. The largest absolute Gasteiger partial charge is 0.465 e. The lowest BCUT2D eigenvalue weighted by Crippen LogP contribution is -2.58. The van der Waals surface area contributed by atoms with Gasteiger partial charge in [0.2, 0.25) is 17.7 Å². The van der Waals surface area contributed by atoms with Gasteiger partial charge in [0.1, 0.15) is 17.8 Å². The highest BCUT2D eigenvalue weighted by Gasteiger charge is 2.37. The van der Waals surface area contributed by atoms with Crippen molar-refractivity contribution in [2.24, 2.45) is 11.8 Å². The number of alkyl halides is 3. The number of nitrogens with one attached hydrogen (secondary N) is 5. The van der Waals surface area contributed by atoms with E-state index < -0.39 is 72.3 Å². The summed E-state index contributed by atoms with van der Waals surface area (Å²) in [5, 5.41) is 32.2. The maximum atomic E-state index is 13.4. The van der Waals surface area contributed by atoms with Crippen LogP contribution in [0.2, 0.25) is 0 Å². The molecule has 2 unspecified atom stereocenters. The van der Waals surface area contributed by atoms with Crippen LogP contribution in [-0.2, 0) is 31.8 Å². The first kappa shape index (κ1) is 35.2. The van der Waals surface area contributed by atoms with Gasteiger partial charge >= 0.3 is 12.3 Å². The smallest absolute Gasteiger partial charge is 0.433 e. The van der Waals surface area contributed by atoms with Gasteiger partial charge in [-0.3, -0.25) is 19.2 Å². The fourth-order valence-corrected chi connectivity index (χ4v) is 4.57. The summed E-state index contributed by atoms with van der Waals surface area (Å²) < 4.78 is 39.4. The molecule has 1 aromatic rings. The number of hydrogen-bond acceptors (Lipinski definition) is 7. The fourth-order valence-electron chi connectivity index (χ4n) is 4.57. The second-order valence-corrected chi connectivity index (χ2v) is 11.1. The fraction of sp³-hybridized carbons (Fsp3) is 0.630. The average molecular weight is 617 g/mol. The first-order valence-electron chi connectivity index (χ1n) is 13.9. The van der Waals surface area contributed by atoms with E-state index in [9.17, 15) is 47.4 Å². The van der Waals surface area contributed by atoms with Crippen molar-refractivity contribution >= 4 is 29.7 Å². The van der Waals surface area contributed by atoms with Gasteiger partial charge in [-0.05, 0) is 51.2 Å². The molecule has 0 bridgehead atoms. The monoisotopic (exact) mass is 616 g/mol. The third-order valence-corrected chi connectivity index (χ3v) is 6.57. The second kappa shape index (κ2) is 15.5. The first-order chi connectivity index (χ1) is 20.0. The van der Waals surface area contributed by atoms with Gasteiger partial charge in [-0.15, -0.1) is 0 Å². The Kier molecular flexibility index (Phi) is 12.7. The lowest BCUT2D eigenvalue weighted by atomic mass is 9.93. The molecule has 0 saturated carbocycles. The van der Waals surface area contributed by atoms with E-state index in [0.29, 0.717) is 13.0 Å². The summed E-state index contributed by atoms with van der Waals surface area (Å²) >= 11 is 0. The van der Waals surface area contributed by atoms with Gasteiger partial charge in [0, 0.05) is 30.6 Å². The van der Waals surface area contributed by atoms with Crippen LogP contribution in [0, 0.1) is 11.8 Å². The number of halogens is 3. The summed E-state index contributed by atoms with van der Waals surface area (Å²) in [7, 11) is 0. The van der Waals surface area contributed by atoms with Crippen LogP contribution in [-0.4, -0.2) is 81.7 Å². The molecule has 240 valence electrons. The molecule has 2 rings (SSSR count). The Morgan fingerprint density at radius 3 is 2.19 bits per heavy atom. The maximum Gasteiger partial charge on any atom is 0.433 e. The van der Waals surface area contributed by atoms with Crippen LogP contribution < -0.4 is 26.6 Å². The van der Waals surface area contributed by atoms with E-state index in [1.54, 1.807) is 27.7 Å². The minimum Gasteiger partial charge on any atom is -0.465 e. The van der Waals surface area contributed by atoms with E-state index >= 15 is 0 Å². The summed E-state index contributed by atoms with van der Waals surface area (Å²) in [6.07, 6.45) is -8.29. The topological polar surface area (TPSA) is 199 Å². The first-order valence-corrected chi connectivity index (χ1v) is 13.9. The number of pyridine rings is 1. The van der Waals surface area contributed by atoms with Crippen molar-refractivity contribution < 1.29 is 47.4 Å². The quantitative estimate of drug-likeness (QED) is 0.158. The van der Waals surface area contributed by atoms with Crippen LogP contribution in [0.3, 0.4) is 0 Å². The van der Waals surface area contributed by atoms with Crippen molar-refractivity contribution in [1.29, 1.82) is 0 Å². The van der Waals surface area contributed by atoms with Crippen LogP contribution in [0.25, 0.3) is 0 Å². The van der Waals surface area contributed by atoms with E-state index in [0.717, 1.165) is 12.1 Å². The number of aromatic nitrogens is 1. The molecule has 0 aromatic carbocycles. The Balaban J connectivity index is 2.28. The summed E-state index contributed by atoms with van der Waals surface area (Å²) in [5.41, 5.74) is -1.44. The molecule has 0 radical (unpaired) electrons. The van der Waals surface area contributed by atoms with E-state index in [2.05, 4.69) is 26.3 Å². The SMILES string of the molecule is CC(C)C[C@H](NC(=O)[C@H](Cc1cccc(C(F)(F)F)n1)NC(=O)O)C(=O)N[C@@H](CC1CCNC1=O)C(O)C(=O)NC(C)C. The Labute approximate surface area is 246 Å². The van der Waals surface area contributed by atoms with Gasteiger partial charge < -0.3 is 36.8 Å². The Bertz CT molecular complexity index is 1160. The summed E-state index contributed by atoms with van der Waals surface area (Å²) in [6, 6.07) is -1.45. The molecule has 16 heteroatoms. The molecule has 7 N–H and O–H groups in total. The lowest BCUT2D eigenvalue weighted by molar-refractivity contribution is -0.141. The molecule has 2 heterocycles. The molecule has 43 heavy (non-hydrogen) atoms. The molecular weight excluding hydrogens is 577 g/mol. The van der Waals surface area contributed by atoms with Crippen molar-refractivity contribution in [1.82, 2.24) is 31.6 Å². The molecule has 13 nitrogen and oxygen atoms in total. The number of amides is 5. The Hall–Kier alpha value is -3.95. The second-order valence-electron chi connectivity index (χ2n) is 11.1. The number of carbonyl (C=O) groups excluding carboxylic acids is 4. The van der Waals surface area contributed by atoms with Crippen LogP contribution in [0.5, 0.6) is 0 Å². The number of carboxylic acid groups (broad SMARTS) is 1. The molecular formula is C27H39F3N6O7. The van der Waals surface area contributed by atoms with Gasteiger partial charge in [-0.25, -0.2) is 9.78 Å². The van der Waals surface area contributed by atoms with E-state index in [1.807, 2.05) is 5.32 Å². The van der Waals surface area contributed by atoms with Gasteiger partial charge in [-0.2, -0.15) is 13.2 Å². The van der Waals surface area contributed by atoms with Crippen molar-refractivity contribution in [2.45, 2.75) is 89.8 Å². The molecule has 1 aliphatic heterocycles. The van der Waals surface area contributed by atoms with Crippen molar-refractivity contribution in [3.8, 4) is 0 Å². The Morgan fingerprint density at radius 2 is 1.65 bits per heavy atom. The minimum atomic E-state index is -4.76. The summed E-state index contributed by atoms with van der Waals surface area (Å²) in [4.78, 5) is 66.3. The predicted molar refractivity (Wildman–Crippen MR) is 146 cm³/mol. The van der Waals surface area contributed by atoms with Gasteiger partial charge in [0.05, 0.1) is 6.04 Å². The molecule has 0 spiro atoms. The van der Waals surface area contributed by atoms with E-state index in [1.165, 1.54) is 6.07 Å². The van der Waals surface area contributed by atoms with Crippen LogP contribution >= 0.6 is 0 Å². The van der Waals surface area contributed by atoms with Crippen molar-refractivity contribution in [3.63, 3.8) is 0 Å². The third-order valence-electron chi connectivity index (χ3n) is 6.57. The molecule has 1 saturated heterocycles. The molecule has 5 atom stereocenters. The highest BCUT2D eigenvalue weighted by Crippen LogP contribution is 2.27. The van der Waals surface area contributed by atoms with Crippen molar-refractivity contribution in [3.05, 3.63) is 29.6 Å². The summed E-state index contributed by atoms with van der Waals surface area (Å²) in [6.45, 7) is 7.23. The minimum absolute atomic E-state index is 0.0457. The van der Waals surface area contributed by atoms with Gasteiger partial charge in [0.15, 0.2) is 6.10 Å². The number of rotatable bonds is 14. The van der Waals surface area contributed by atoms with Crippen LogP contribution in [0.15, 0.2) is 18.2 Å². The zero-order chi connectivity index (χ0) is 32.5. The normalized spacial score (nSPS) is 17.9. The molecule has 1 aromatic heterocycles. The van der Waals surface area contributed by atoms with Crippen LogP contribution in [0.4, 0.5) is 18.0 Å². The number of nitrogens with zero attached hydrogens (tertiary/aromatic N) is 1. The molecule has 1 aliphatic rings. The molecule has 1 fully saturated rings. The maximum absolute atomic E-state index is 13.4. The zero-order valence-corrected chi connectivity index (χ0v) is 24.3. The average Bonchev–Trinajstić information content (AvgIpc) is 3.29. The van der Waals surface area contributed by atoms with E-state index in [-0.39, 0.29) is 36.4 Å². The molecule has 5 amide bonds. The highest BCUT2D eigenvalue weighted by atomic mass is 19.4. The Morgan fingerprint density at radius 1 is 1.00 bits per heavy atom. The predicted octanol–water partition coefficient (Wildman–Crippen LogP) is 0.707. The summed E-state index contributed by atoms with van der Waals surface area (Å²) in [5.74, 6) is -3.66.